The van der Waals surface area contributed by atoms with Crippen LogP contribution in [0, 0.1) is 0 Å². The fraction of sp³-hybridized carbons (Fsp3) is 0.263. The zero-order valence-electron chi connectivity index (χ0n) is 13.0. The van der Waals surface area contributed by atoms with E-state index in [1.807, 2.05) is 24.3 Å². The Kier molecular flexibility index (Phi) is 4.01. The molecule has 4 rings (SSSR count). The SMILES string of the molecule is c1ccc(C2N(Cc3ccco3)CCN2Cc2ccco2)cc1. The molecule has 1 saturated heterocycles. The zero-order chi connectivity index (χ0) is 15.5. The molecule has 0 N–H and O–H groups in total. The minimum atomic E-state index is 0.242. The average molecular weight is 308 g/mol. The lowest BCUT2D eigenvalue weighted by atomic mass is 10.1. The summed E-state index contributed by atoms with van der Waals surface area (Å²) in [5.41, 5.74) is 1.31. The highest BCUT2D eigenvalue weighted by Crippen LogP contribution is 2.32. The minimum Gasteiger partial charge on any atom is -0.468 e. The molecule has 0 bridgehead atoms. The van der Waals surface area contributed by atoms with Crippen LogP contribution in [0.25, 0.3) is 0 Å². The predicted octanol–water partition coefficient (Wildman–Crippen LogP) is 3.89. The van der Waals surface area contributed by atoms with Crippen LogP contribution in [0.15, 0.2) is 76.0 Å². The standard InChI is InChI=1S/C19H20N2O2/c1-2-6-16(7-3-1)19-20(14-17-8-4-12-22-17)10-11-21(19)15-18-9-5-13-23-18/h1-9,12-13,19H,10-11,14-15H2. The lowest BCUT2D eigenvalue weighted by Crippen LogP contribution is -2.30. The van der Waals surface area contributed by atoms with Gasteiger partial charge in [-0.05, 0) is 29.8 Å². The first kappa shape index (κ1) is 14.3. The Morgan fingerprint density at radius 1 is 0.739 bits per heavy atom. The molecule has 118 valence electrons. The van der Waals surface area contributed by atoms with E-state index in [9.17, 15) is 0 Å². The minimum absolute atomic E-state index is 0.242. The van der Waals surface area contributed by atoms with Gasteiger partial charge in [-0.15, -0.1) is 0 Å². The molecule has 3 aromatic rings. The van der Waals surface area contributed by atoms with E-state index in [-0.39, 0.29) is 6.17 Å². The predicted molar refractivity (Wildman–Crippen MR) is 87.4 cm³/mol. The molecule has 23 heavy (non-hydrogen) atoms. The van der Waals surface area contributed by atoms with Gasteiger partial charge in [-0.2, -0.15) is 0 Å². The molecule has 1 fully saturated rings. The van der Waals surface area contributed by atoms with Crippen molar-refractivity contribution in [2.45, 2.75) is 19.3 Å². The zero-order valence-corrected chi connectivity index (χ0v) is 13.0. The molecule has 0 radical (unpaired) electrons. The maximum atomic E-state index is 5.54. The van der Waals surface area contributed by atoms with Crippen LogP contribution in [0.5, 0.6) is 0 Å². The van der Waals surface area contributed by atoms with E-state index in [0.29, 0.717) is 0 Å². The molecule has 0 spiro atoms. The van der Waals surface area contributed by atoms with Crippen LogP contribution in [-0.2, 0) is 13.1 Å². The second kappa shape index (κ2) is 6.44. The molecule has 0 unspecified atom stereocenters. The van der Waals surface area contributed by atoms with E-state index in [0.717, 1.165) is 37.7 Å². The normalized spacial score (nSPS) is 17.0. The number of hydrogen-bond acceptors (Lipinski definition) is 4. The van der Waals surface area contributed by atoms with E-state index in [1.165, 1.54) is 5.56 Å². The van der Waals surface area contributed by atoms with Crippen molar-refractivity contribution in [2.24, 2.45) is 0 Å². The number of furan rings is 2. The van der Waals surface area contributed by atoms with Crippen molar-refractivity contribution in [3.05, 3.63) is 84.2 Å². The molecule has 4 heteroatoms. The quantitative estimate of drug-likeness (QED) is 0.716. The maximum Gasteiger partial charge on any atom is 0.117 e. The highest BCUT2D eigenvalue weighted by Gasteiger charge is 2.33. The van der Waals surface area contributed by atoms with E-state index in [1.54, 1.807) is 12.5 Å². The van der Waals surface area contributed by atoms with Gasteiger partial charge in [0.15, 0.2) is 0 Å². The van der Waals surface area contributed by atoms with Gasteiger partial charge < -0.3 is 8.83 Å². The van der Waals surface area contributed by atoms with Gasteiger partial charge in [0, 0.05) is 13.1 Å². The number of benzene rings is 1. The van der Waals surface area contributed by atoms with Crippen LogP contribution < -0.4 is 0 Å². The van der Waals surface area contributed by atoms with Crippen LogP contribution in [0.3, 0.4) is 0 Å². The molecular weight excluding hydrogens is 288 g/mol. The molecule has 4 nitrogen and oxygen atoms in total. The molecular formula is C19H20N2O2. The molecule has 1 aliphatic rings. The van der Waals surface area contributed by atoms with Gasteiger partial charge in [0.05, 0.1) is 31.8 Å². The topological polar surface area (TPSA) is 32.8 Å². The van der Waals surface area contributed by atoms with Gasteiger partial charge in [-0.25, -0.2) is 0 Å². The summed E-state index contributed by atoms with van der Waals surface area (Å²) in [5.74, 6) is 2.01. The molecule has 1 aliphatic heterocycles. The van der Waals surface area contributed by atoms with Crippen molar-refractivity contribution in [2.75, 3.05) is 13.1 Å². The lowest BCUT2D eigenvalue weighted by molar-refractivity contribution is 0.113. The number of nitrogens with zero attached hydrogens (tertiary/aromatic N) is 2. The van der Waals surface area contributed by atoms with Gasteiger partial charge in [0.1, 0.15) is 11.5 Å². The van der Waals surface area contributed by atoms with Gasteiger partial charge in [0.2, 0.25) is 0 Å². The summed E-state index contributed by atoms with van der Waals surface area (Å²) in [5, 5.41) is 0. The highest BCUT2D eigenvalue weighted by atomic mass is 16.3. The summed E-state index contributed by atoms with van der Waals surface area (Å²) < 4.78 is 11.1. The van der Waals surface area contributed by atoms with Gasteiger partial charge in [-0.3, -0.25) is 9.80 Å². The Bertz CT molecular complexity index is 663. The molecule has 0 saturated carbocycles. The Morgan fingerprint density at radius 2 is 1.30 bits per heavy atom. The summed E-state index contributed by atoms with van der Waals surface area (Å²) in [4.78, 5) is 4.91. The number of hydrogen-bond donors (Lipinski definition) is 0. The summed E-state index contributed by atoms with van der Waals surface area (Å²) in [7, 11) is 0. The summed E-state index contributed by atoms with van der Waals surface area (Å²) in [6, 6.07) is 18.6. The van der Waals surface area contributed by atoms with Gasteiger partial charge in [-0.1, -0.05) is 30.3 Å². The Hall–Kier alpha value is -2.30. The van der Waals surface area contributed by atoms with Crippen molar-refractivity contribution in [1.82, 2.24) is 9.80 Å². The molecule has 0 atom stereocenters. The van der Waals surface area contributed by atoms with Crippen molar-refractivity contribution >= 4 is 0 Å². The largest absolute Gasteiger partial charge is 0.468 e. The summed E-state index contributed by atoms with van der Waals surface area (Å²) in [6.07, 6.45) is 3.72. The monoisotopic (exact) mass is 308 g/mol. The van der Waals surface area contributed by atoms with E-state index >= 15 is 0 Å². The fourth-order valence-electron chi connectivity index (χ4n) is 3.32. The van der Waals surface area contributed by atoms with Crippen LogP contribution in [0.4, 0.5) is 0 Å². The molecule has 0 amide bonds. The van der Waals surface area contributed by atoms with E-state index in [4.69, 9.17) is 8.83 Å². The Morgan fingerprint density at radius 3 is 1.78 bits per heavy atom. The molecule has 2 aromatic heterocycles. The second-order valence-corrected chi connectivity index (χ2v) is 5.88. The average Bonchev–Trinajstić information content (AvgIpc) is 3.32. The van der Waals surface area contributed by atoms with Crippen molar-refractivity contribution in [3.8, 4) is 0 Å². The van der Waals surface area contributed by atoms with Crippen molar-refractivity contribution < 1.29 is 8.83 Å². The van der Waals surface area contributed by atoms with Crippen molar-refractivity contribution in [1.29, 1.82) is 0 Å². The third-order valence-corrected chi connectivity index (χ3v) is 4.34. The van der Waals surface area contributed by atoms with Gasteiger partial charge >= 0.3 is 0 Å². The van der Waals surface area contributed by atoms with Gasteiger partial charge in [0.25, 0.3) is 0 Å². The molecule has 1 aromatic carbocycles. The third kappa shape index (κ3) is 3.09. The second-order valence-electron chi connectivity index (χ2n) is 5.88. The molecule has 3 heterocycles. The first-order valence-corrected chi connectivity index (χ1v) is 7.98. The Balaban J connectivity index is 1.59. The summed E-state index contributed by atoms with van der Waals surface area (Å²) in [6.45, 7) is 3.67. The van der Waals surface area contributed by atoms with Crippen LogP contribution in [0.1, 0.15) is 23.2 Å². The number of rotatable bonds is 5. The van der Waals surface area contributed by atoms with E-state index < -0.39 is 0 Å². The van der Waals surface area contributed by atoms with Crippen molar-refractivity contribution in [3.63, 3.8) is 0 Å². The summed E-state index contributed by atoms with van der Waals surface area (Å²) >= 11 is 0. The highest BCUT2D eigenvalue weighted by molar-refractivity contribution is 5.20. The maximum absolute atomic E-state index is 5.54. The third-order valence-electron chi connectivity index (χ3n) is 4.34. The first-order valence-electron chi connectivity index (χ1n) is 7.98. The fourth-order valence-corrected chi connectivity index (χ4v) is 3.32. The lowest BCUT2D eigenvalue weighted by Gasteiger charge is -2.29. The Labute approximate surface area is 135 Å². The first-order chi connectivity index (χ1) is 11.4. The molecule has 0 aliphatic carbocycles. The smallest absolute Gasteiger partial charge is 0.117 e. The van der Waals surface area contributed by atoms with Crippen LogP contribution in [-0.4, -0.2) is 22.9 Å². The van der Waals surface area contributed by atoms with E-state index in [2.05, 4.69) is 40.1 Å². The van der Waals surface area contributed by atoms with Crippen LogP contribution >= 0.6 is 0 Å². The van der Waals surface area contributed by atoms with Crippen LogP contribution in [0.2, 0.25) is 0 Å².